The number of fused-ring (bicyclic) bond motifs is 1. The largest absolute Gasteiger partial charge is 0.396 e. The van der Waals surface area contributed by atoms with Gasteiger partial charge in [-0.2, -0.15) is 0 Å². The van der Waals surface area contributed by atoms with E-state index in [2.05, 4.69) is 18.1 Å². The maximum absolute atomic E-state index is 14.5. The molecule has 10 heteroatoms. The third-order valence-corrected chi connectivity index (χ3v) is 9.45. The number of hydrogen-bond donors (Lipinski definition) is 1. The second-order valence-corrected chi connectivity index (χ2v) is 12.0. The van der Waals surface area contributed by atoms with Gasteiger partial charge in [-0.1, -0.05) is 42.5 Å². The lowest BCUT2D eigenvalue weighted by atomic mass is 9.70. The van der Waals surface area contributed by atoms with Crippen molar-refractivity contribution in [2.45, 2.75) is 50.0 Å². The number of carbonyl (C=O) groups excluding carboxylic acids is 3. The summed E-state index contributed by atoms with van der Waals surface area (Å²) in [6.07, 6.45) is 5.26. The highest BCUT2D eigenvalue weighted by molar-refractivity contribution is 5.99. The first kappa shape index (κ1) is 31.4. The van der Waals surface area contributed by atoms with Crippen LogP contribution in [0.15, 0.2) is 55.6 Å². The Balaban J connectivity index is 1.42. The molecule has 1 aromatic rings. The molecule has 0 saturated carbocycles. The standard InChI is InChI=1S/C33H46N4O6/c1-3-14-35(18-17-34-19-22-42-23-20-34)32(41)29-33-13-12-26(43-33)27(28(33)31(40)37(29)16-8-9-21-38)30(39)36(15-4-2)24-25-10-6-5-7-11-25/h3-7,10-11,26-29,38H,1-2,8-9,12-24H2/t26-,27+,28+,29?,33?/m1/s1. The second-order valence-electron chi connectivity index (χ2n) is 12.0. The summed E-state index contributed by atoms with van der Waals surface area (Å²) in [7, 11) is 0. The Bertz CT molecular complexity index is 1160. The highest BCUT2D eigenvalue weighted by atomic mass is 16.5. The van der Waals surface area contributed by atoms with Gasteiger partial charge in [0.1, 0.15) is 11.6 Å². The van der Waals surface area contributed by atoms with Crippen molar-refractivity contribution in [2.24, 2.45) is 11.8 Å². The highest BCUT2D eigenvalue weighted by Gasteiger charge is 2.74. The number of likely N-dealkylation sites (tertiary alicyclic amines) is 1. The predicted molar refractivity (Wildman–Crippen MR) is 162 cm³/mol. The topological polar surface area (TPSA) is 103 Å². The molecule has 0 radical (unpaired) electrons. The minimum Gasteiger partial charge on any atom is -0.396 e. The fourth-order valence-corrected chi connectivity index (χ4v) is 7.46. The maximum atomic E-state index is 14.5. The molecule has 4 fully saturated rings. The predicted octanol–water partition coefficient (Wildman–Crippen LogP) is 1.70. The van der Waals surface area contributed by atoms with E-state index in [1.54, 1.807) is 26.9 Å². The SMILES string of the molecule is C=CCN(CCN1CCOCC1)C(=O)C1N(CCCCO)C(=O)[C@@H]2[C@@H](C(=O)N(CC=C)Cc3ccccc3)[C@H]3CCC12O3. The Labute approximate surface area is 254 Å². The molecule has 3 amide bonds. The number of carbonyl (C=O) groups is 3. The summed E-state index contributed by atoms with van der Waals surface area (Å²) in [5.74, 6) is -1.87. The van der Waals surface area contributed by atoms with Crippen molar-refractivity contribution in [3.63, 3.8) is 0 Å². The van der Waals surface area contributed by atoms with E-state index in [1.807, 2.05) is 30.3 Å². The fourth-order valence-electron chi connectivity index (χ4n) is 7.46. The quantitative estimate of drug-likeness (QED) is 0.244. The number of aliphatic hydroxyl groups excluding tert-OH is 1. The Morgan fingerprint density at radius 3 is 2.44 bits per heavy atom. The van der Waals surface area contributed by atoms with Crippen molar-refractivity contribution in [3.8, 4) is 0 Å². The molecule has 1 aromatic carbocycles. The third-order valence-electron chi connectivity index (χ3n) is 9.45. The van der Waals surface area contributed by atoms with Gasteiger partial charge in [-0.25, -0.2) is 0 Å². The minimum atomic E-state index is -1.05. The average molecular weight is 595 g/mol. The van der Waals surface area contributed by atoms with Gasteiger partial charge in [0.15, 0.2) is 0 Å². The molecule has 10 nitrogen and oxygen atoms in total. The summed E-state index contributed by atoms with van der Waals surface area (Å²) in [6.45, 7) is 13.4. The van der Waals surface area contributed by atoms with Gasteiger partial charge >= 0.3 is 0 Å². The first-order valence-corrected chi connectivity index (χ1v) is 15.7. The molecular weight excluding hydrogens is 548 g/mol. The van der Waals surface area contributed by atoms with E-state index in [-0.39, 0.29) is 24.3 Å². The molecule has 1 N–H and O–H groups in total. The number of benzene rings is 1. The molecule has 5 atom stereocenters. The number of amides is 3. The summed E-state index contributed by atoms with van der Waals surface area (Å²) < 4.78 is 12.2. The van der Waals surface area contributed by atoms with E-state index >= 15 is 0 Å². The molecular formula is C33H46N4O6. The van der Waals surface area contributed by atoms with Crippen molar-refractivity contribution in [1.82, 2.24) is 19.6 Å². The number of ether oxygens (including phenoxy) is 2. The van der Waals surface area contributed by atoms with Crippen molar-refractivity contribution in [1.29, 1.82) is 0 Å². The van der Waals surface area contributed by atoms with E-state index in [9.17, 15) is 19.5 Å². The van der Waals surface area contributed by atoms with Crippen molar-refractivity contribution in [3.05, 3.63) is 61.2 Å². The lowest BCUT2D eigenvalue weighted by Gasteiger charge is -2.37. The van der Waals surface area contributed by atoms with Crippen LogP contribution in [0.25, 0.3) is 0 Å². The van der Waals surface area contributed by atoms with Gasteiger partial charge in [-0.3, -0.25) is 19.3 Å². The van der Waals surface area contributed by atoms with Crippen LogP contribution in [0.2, 0.25) is 0 Å². The van der Waals surface area contributed by atoms with Gasteiger partial charge in [0.25, 0.3) is 0 Å². The molecule has 43 heavy (non-hydrogen) atoms. The van der Waals surface area contributed by atoms with Gasteiger partial charge in [0, 0.05) is 59.0 Å². The van der Waals surface area contributed by atoms with Crippen molar-refractivity contribution in [2.75, 3.05) is 65.6 Å². The van der Waals surface area contributed by atoms with Crippen LogP contribution in [0.3, 0.4) is 0 Å². The zero-order valence-corrected chi connectivity index (χ0v) is 25.1. The minimum absolute atomic E-state index is 0.00698. The molecule has 2 unspecified atom stereocenters. The van der Waals surface area contributed by atoms with E-state index in [1.165, 1.54) is 0 Å². The Hall–Kier alpha value is -3.05. The zero-order valence-electron chi connectivity index (χ0n) is 25.1. The van der Waals surface area contributed by atoms with Crippen molar-refractivity contribution >= 4 is 17.7 Å². The smallest absolute Gasteiger partial charge is 0.248 e. The number of hydrogen-bond acceptors (Lipinski definition) is 7. The highest BCUT2D eigenvalue weighted by Crippen LogP contribution is 2.59. The van der Waals surface area contributed by atoms with Crippen LogP contribution in [-0.4, -0.2) is 126 Å². The van der Waals surface area contributed by atoms with Gasteiger partial charge in [0.2, 0.25) is 17.7 Å². The second kappa shape index (κ2) is 14.2. The Morgan fingerprint density at radius 1 is 1.02 bits per heavy atom. The lowest BCUT2D eigenvalue weighted by molar-refractivity contribution is -0.149. The molecule has 0 aromatic heterocycles. The molecule has 1 spiro atoms. The van der Waals surface area contributed by atoms with Crippen LogP contribution in [0.1, 0.15) is 31.2 Å². The Kier molecular flexibility index (Phi) is 10.3. The van der Waals surface area contributed by atoms with Crippen LogP contribution in [0.5, 0.6) is 0 Å². The molecule has 5 rings (SSSR count). The monoisotopic (exact) mass is 594 g/mol. The molecule has 4 heterocycles. The van der Waals surface area contributed by atoms with Gasteiger partial charge in [-0.05, 0) is 31.2 Å². The zero-order chi connectivity index (χ0) is 30.4. The van der Waals surface area contributed by atoms with E-state index in [0.29, 0.717) is 78.2 Å². The summed E-state index contributed by atoms with van der Waals surface area (Å²) >= 11 is 0. The number of nitrogens with zero attached hydrogens (tertiary/aromatic N) is 4. The molecule has 234 valence electrons. The van der Waals surface area contributed by atoms with Crippen molar-refractivity contribution < 1.29 is 29.0 Å². The summed E-state index contributed by atoms with van der Waals surface area (Å²) in [4.78, 5) is 50.5. The number of aliphatic hydroxyl groups is 1. The van der Waals surface area contributed by atoms with Crippen LogP contribution in [0.4, 0.5) is 0 Å². The van der Waals surface area contributed by atoms with Gasteiger partial charge in [0.05, 0.1) is 31.2 Å². The normalized spacial score (nSPS) is 28.1. The Morgan fingerprint density at radius 2 is 1.74 bits per heavy atom. The van der Waals surface area contributed by atoms with E-state index in [0.717, 1.165) is 18.7 Å². The average Bonchev–Trinajstić information content (AvgIpc) is 3.67. The fraction of sp³-hybridized carbons (Fsp3) is 0.606. The van der Waals surface area contributed by atoms with E-state index in [4.69, 9.17) is 9.47 Å². The first-order valence-electron chi connectivity index (χ1n) is 15.7. The maximum Gasteiger partial charge on any atom is 0.248 e. The lowest BCUT2D eigenvalue weighted by Crippen LogP contribution is -2.57. The summed E-state index contributed by atoms with van der Waals surface area (Å²) in [5.41, 5.74) is -0.0585. The van der Waals surface area contributed by atoms with Crippen LogP contribution >= 0.6 is 0 Å². The molecule has 2 bridgehead atoms. The number of morpholine rings is 1. The van der Waals surface area contributed by atoms with Crippen LogP contribution in [-0.2, 0) is 30.4 Å². The number of rotatable bonds is 15. The van der Waals surface area contributed by atoms with Crippen LogP contribution < -0.4 is 0 Å². The van der Waals surface area contributed by atoms with Gasteiger partial charge < -0.3 is 29.3 Å². The number of unbranched alkanes of at least 4 members (excludes halogenated alkanes) is 1. The molecule has 4 aliphatic heterocycles. The van der Waals surface area contributed by atoms with Crippen LogP contribution in [0, 0.1) is 11.8 Å². The molecule has 0 aliphatic carbocycles. The first-order chi connectivity index (χ1) is 20.9. The summed E-state index contributed by atoms with van der Waals surface area (Å²) in [6, 6.07) is 8.95. The third kappa shape index (κ3) is 6.29. The van der Waals surface area contributed by atoms with E-state index < -0.39 is 29.6 Å². The molecule has 4 aliphatic rings. The van der Waals surface area contributed by atoms with Gasteiger partial charge in [-0.15, -0.1) is 13.2 Å². The summed E-state index contributed by atoms with van der Waals surface area (Å²) in [5, 5.41) is 9.46. The molecule has 4 saturated heterocycles.